The zero-order chi connectivity index (χ0) is 18.0. The van der Waals surface area contributed by atoms with Gasteiger partial charge in [-0.25, -0.2) is 4.98 Å². The summed E-state index contributed by atoms with van der Waals surface area (Å²) in [6, 6.07) is 13.9. The number of aromatic nitrogens is 1. The lowest BCUT2D eigenvalue weighted by Crippen LogP contribution is -2.13. The maximum atomic E-state index is 12.0. The number of aryl methyl sites for hydroxylation is 1. The highest BCUT2D eigenvalue weighted by Crippen LogP contribution is 2.20. The van der Waals surface area contributed by atoms with Gasteiger partial charge in [0.05, 0.1) is 11.9 Å². The van der Waals surface area contributed by atoms with Crippen molar-refractivity contribution >= 4 is 17.4 Å². The van der Waals surface area contributed by atoms with Crippen LogP contribution in [-0.4, -0.2) is 17.4 Å². The van der Waals surface area contributed by atoms with E-state index in [0.717, 1.165) is 25.1 Å². The van der Waals surface area contributed by atoms with Crippen molar-refractivity contribution in [2.75, 3.05) is 17.2 Å². The summed E-state index contributed by atoms with van der Waals surface area (Å²) in [4.78, 5) is 16.4. The second kappa shape index (κ2) is 9.76. The van der Waals surface area contributed by atoms with Gasteiger partial charge >= 0.3 is 0 Å². The van der Waals surface area contributed by atoms with Gasteiger partial charge in [0.15, 0.2) is 0 Å². The highest BCUT2D eigenvalue weighted by molar-refractivity contribution is 5.89. The third kappa shape index (κ3) is 6.03. The molecule has 0 aliphatic heterocycles. The average molecular weight is 349 g/mol. The molecule has 0 atom stereocenters. The van der Waals surface area contributed by atoms with E-state index in [1.165, 1.54) is 31.2 Å². The summed E-state index contributed by atoms with van der Waals surface area (Å²) in [6.07, 6.45) is 11.6. The van der Waals surface area contributed by atoms with E-state index in [4.69, 9.17) is 0 Å². The van der Waals surface area contributed by atoms with Crippen LogP contribution in [0, 0.1) is 0 Å². The molecule has 0 fully saturated rings. The van der Waals surface area contributed by atoms with E-state index in [-0.39, 0.29) is 5.91 Å². The molecular weight excluding hydrogens is 322 g/mol. The lowest BCUT2D eigenvalue weighted by Gasteiger charge is -2.13. The first kappa shape index (κ1) is 18.2. The lowest BCUT2D eigenvalue weighted by molar-refractivity contribution is -0.116. The van der Waals surface area contributed by atoms with Crippen LogP contribution in [0.15, 0.2) is 60.3 Å². The number of carbonyl (C=O) groups is 1. The molecule has 0 radical (unpaired) electrons. The molecule has 1 amide bonds. The Morgan fingerprint density at radius 1 is 1.04 bits per heavy atom. The number of hydrogen-bond donors (Lipinski definition) is 2. The molecule has 1 aromatic carbocycles. The van der Waals surface area contributed by atoms with E-state index in [2.05, 4.69) is 21.7 Å². The normalized spacial score (nSPS) is 13.8. The van der Waals surface area contributed by atoms with E-state index in [1.54, 1.807) is 11.8 Å². The van der Waals surface area contributed by atoms with E-state index in [9.17, 15) is 4.79 Å². The van der Waals surface area contributed by atoms with Crippen LogP contribution in [0.2, 0.25) is 0 Å². The van der Waals surface area contributed by atoms with Crippen molar-refractivity contribution in [1.29, 1.82) is 0 Å². The molecule has 1 aliphatic rings. The summed E-state index contributed by atoms with van der Waals surface area (Å²) in [5, 5.41) is 6.26. The number of carbonyl (C=O) groups excluding carboxylic acids is 1. The Hall–Kier alpha value is -2.62. The fourth-order valence-corrected chi connectivity index (χ4v) is 3.18. The van der Waals surface area contributed by atoms with E-state index >= 15 is 0 Å². The van der Waals surface area contributed by atoms with E-state index in [0.29, 0.717) is 12.2 Å². The first-order chi connectivity index (χ1) is 12.8. The van der Waals surface area contributed by atoms with Crippen LogP contribution in [0.1, 0.15) is 44.1 Å². The smallest absolute Gasteiger partial charge is 0.225 e. The summed E-state index contributed by atoms with van der Waals surface area (Å²) in [5.74, 6) is 0.592. The summed E-state index contributed by atoms with van der Waals surface area (Å²) in [5.41, 5.74) is 3.73. The molecule has 0 saturated carbocycles. The first-order valence-electron chi connectivity index (χ1n) is 9.51. The van der Waals surface area contributed by atoms with Crippen LogP contribution < -0.4 is 10.6 Å². The molecule has 136 valence electrons. The minimum atomic E-state index is -0.00806. The largest absolute Gasteiger partial charge is 0.383 e. The fourth-order valence-electron chi connectivity index (χ4n) is 3.18. The summed E-state index contributed by atoms with van der Waals surface area (Å²) in [6.45, 7) is 0.927. The number of anilines is 2. The van der Waals surface area contributed by atoms with Crippen molar-refractivity contribution in [3.8, 4) is 0 Å². The fraction of sp³-hybridized carbons (Fsp3) is 0.364. The van der Waals surface area contributed by atoms with Crippen LogP contribution in [-0.2, 0) is 11.2 Å². The molecule has 0 spiro atoms. The number of benzene rings is 1. The molecule has 26 heavy (non-hydrogen) atoms. The molecule has 4 heteroatoms. The maximum Gasteiger partial charge on any atom is 0.225 e. The molecule has 0 bridgehead atoms. The predicted molar refractivity (Wildman–Crippen MR) is 107 cm³/mol. The van der Waals surface area contributed by atoms with E-state index in [1.807, 2.05) is 42.5 Å². The van der Waals surface area contributed by atoms with Crippen LogP contribution >= 0.6 is 0 Å². The predicted octanol–water partition coefficient (Wildman–Crippen LogP) is 4.96. The standard InChI is InChI=1S/C22H27N3O/c26-22(14-11-18-7-3-1-4-8-18)25-21-13-12-20(17-24-21)23-16-15-19-9-5-2-6-10-19/h1,3-4,7-9,12-13,17,23H,2,5-6,10-11,14-16H2,(H,24,25,26). The SMILES string of the molecule is O=C(CCc1ccccc1)Nc1ccc(NCCC2=CCCCC2)cn1. The van der Waals surface area contributed by atoms with Crippen molar-refractivity contribution in [2.45, 2.75) is 44.9 Å². The van der Waals surface area contributed by atoms with Crippen LogP contribution in [0.4, 0.5) is 11.5 Å². The molecule has 0 unspecified atom stereocenters. The van der Waals surface area contributed by atoms with Crippen molar-refractivity contribution < 1.29 is 4.79 Å². The quantitative estimate of drug-likeness (QED) is 0.663. The van der Waals surface area contributed by atoms with Crippen molar-refractivity contribution in [3.63, 3.8) is 0 Å². The van der Waals surface area contributed by atoms with E-state index < -0.39 is 0 Å². The third-order valence-corrected chi connectivity index (χ3v) is 4.67. The maximum absolute atomic E-state index is 12.0. The van der Waals surface area contributed by atoms with Gasteiger partial charge < -0.3 is 10.6 Å². The number of rotatable bonds is 8. The highest BCUT2D eigenvalue weighted by Gasteiger charge is 2.05. The molecule has 3 rings (SSSR count). The molecule has 0 saturated heterocycles. The Morgan fingerprint density at radius 3 is 2.65 bits per heavy atom. The third-order valence-electron chi connectivity index (χ3n) is 4.67. The Labute approximate surface area is 155 Å². The minimum Gasteiger partial charge on any atom is -0.383 e. The molecule has 1 heterocycles. The first-order valence-corrected chi connectivity index (χ1v) is 9.51. The van der Waals surface area contributed by atoms with Crippen molar-refractivity contribution in [2.24, 2.45) is 0 Å². The van der Waals surface area contributed by atoms with Gasteiger partial charge in [0.2, 0.25) is 5.91 Å². The number of nitrogens with one attached hydrogen (secondary N) is 2. The van der Waals surface area contributed by atoms with Gasteiger partial charge in [-0.05, 0) is 56.2 Å². The molecule has 4 nitrogen and oxygen atoms in total. The highest BCUT2D eigenvalue weighted by atomic mass is 16.1. The van der Waals surface area contributed by atoms with Gasteiger partial charge in [-0.2, -0.15) is 0 Å². The molecule has 2 N–H and O–H groups in total. The van der Waals surface area contributed by atoms with Gasteiger partial charge in [0, 0.05) is 13.0 Å². The van der Waals surface area contributed by atoms with Crippen LogP contribution in [0.25, 0.3) is 0 Å². The van der Waals surface area contributed by atoms with Gasteiger partial charge in [-0.1, -0.05) is 42.0 Å². The van der Waals surface area contributed by atoms with Gasteiger partial charge in [-0.15, -0.1) is 0 Å². The molecule has 2 aromatic rings. The second-order valence-corrected chi connectivity index (χ2v) is 6.75. The zero-order valence-electron chi connectivity index (χ0n) is 15.2. The Bertz CT molecular complexity index is 723. The topological polar surface area (TPSA) is 54.0 Å². The van der Waals surface area contributed by atoms with Gasteiger partial charge in [0.1, 0.15) is 5.82 Å². The monoisotopic (exact) mass is 349 g/mol. The summed E-state index contributed by atoms with van der Waals surface area (Å²) < 4.78 is 0. The van der Waals surface area contributed by atoms with Gasteiger partial charge in [-0.3, -0.25) is 4.79 Å². The van der Waals surface area contributed by atoms with Gasteiger partial charge in [0.25, 0.3) is 0 Å². The van der Waals surface area contributed by atoms with Crippen LogP contribution in [0.5, 0.6) is 0 Å². The number of nitrogens with zero attached hydrogens (tertiary/aromatic N) is 1. The molecule has 1 aliphatic carbocycles. The Balaban J connectivity index is 1.39. The summed E-state index contributed by atoms with van der Waals surface area (Å²) >= 11 is 0. The molecular formula is C22H27N3O. The molecule has 1 aromatic heterocycles. The number of amides is 1. The number of pyridine rings is 1. The van der Waals surface area contributed by atoms with Crippen molar-refractivity contribution in [3.05, 3.63) is 65.9 Å². The zero-order valence-corrected chi connectivity index (χ0v) is 15.2. The average Bonchev–Trinajstić information content (AvgIpc) is 2.69. The van der Waals surface area contributed by atoms with Crippen molar-refractivity contribution in [1.82, 2.24) is 4.98 Å². The summed E-state index contributed by atoms with van der Waals surface area (Å²) in [7, 11) is 0. The Morgan fingerprint density at radius 2 is 1.92 bits per heavy atom. The minimum absolute atomic E-state index is 0.00806. The number of hydrogen-bond acceptors (Lipinski definition) is 3. The lowest BCUT2D eigenvalue weighted by atomic mass is 9.97. The van der Waals surface area contributed by atoms with Crippen LogP contribution in [0.3, 0.4) is 0 Å². The number of allylic oxidation sites excluding steroid dienone is 1. The Kier molecular flexibility index (Phi) is 6.82. The second-order valence-electron chi connectivity index (χ2n) is 6.75.